The zero-order valence-electron chi connectivity index (χ0n) is 25.5. The fourth-order valence-electron chi connectivity index (χ4n) is 6.19. The predicted molar refractivity (Wildman–Crippen MR) is 170 cm³/mol. The van der Waals surface area contributed by atoms with Crippen LogP contribution in [0.3, 0.4) is 0 Å². The Hall–Kier alpha value is -4.06. The molecular weight excluding hydrogens is 556 g/mol. The highest BCUT2D eigenvalue weighted by atomic mass is 16.3. The lowest BCUT2D eigenvalue weighted by molar-refractivity contribution is -0.130. The summed E-state index contributed by atoms with van der Waals surface area (Å²) >= 11 is 0. The van der Waals surface area contributed by atoms with Gasteiger partial charge in [0.2, 0.25) is 11.9 Å². The maximum Gasteiger partial charge on any atom is 0.229 e. The van der Waals surface area contributed by atoms with E-state index in [4.69, 9.17) is 20.7 Å². The van der Waals surface area contributed by atoms with Crippen LogP contribution >= 0.6 is 0 Å². The summed E-state index contributed by atoms with van der Waals surface area (Å²) in [5.41, 5.74) is 9.10. The summed E-state index contributed by atoms with van der Waals surface area (Å²) in [5, 5.41) is 28.6. The molecule has 0 bridgehead atoms. The normalized spacial score (nSPS) is 23.9. The minimum atomic E-state index is -1.13. The molecule has 44 heavy (non-hydrogen) atoms. The van der Waals surface area contributed by atoms with Crippen LogP contribution in [0.2, 0.25) is 0 Å². The molecule has 0 unspecified atom stereocenters. The van der Waals surface area contributed by atoms with E-state index in [2.05, 4.69) is 39.8 Å². The van der Waals surface area contributed by atoms with Gasteiger partial charge < -0.3 is 36.0 Å². The van der Waals surface area contributed by atoms with E-state index in [9.17, 15) is 15.0 Å². The summed E-state index contributed by atoms with van der Waals surface area (Å²) in [6.45, 7) is 7.40. The molecule has 2 fully saturated rings. The van der Waals surface area contributed by atoms with Crippen molar-refractivity contribution < 1.29 is 15.0 Å². The van der Waals surface area contributed by atoms with Crippen molar-refractivity contribution >= 4 is 28.8 Å². The molecule has 6 rings (SSSR count). The molecule has 6 N–H and O–H groups in total. The monoisotopic (exact) mass is 598 g/mol. The lowest BCUT2D eigenvalue weighted by atomic mass is 9.91. The Labute approximate surface area is 257 Å². The minimum Gasteiger partial charge on any atom is -0.388 e. The second-order valence-electron chi connectivity index (χ2n) is 13.1. The number of carbonyl (C=O) groups is 1. The Morgan fingerprint density at radius 1 is 1.02 bits per heavy atom. The maximum absolute atomic E-state index is 12.7. The number of nitrogens with two attached hydrogens (primary N) is 1. The van der Waals surface area contributed by atoms with E-state index < -0.39 is 29.7 Å². The number of carbonyl (C=O) groups excluding carboxylic acids is 1. The molecule has 11 nitrogen and oxygen atoms in total. The molecule has 3 heterocycles. The molecule has 1 aliphatic carbocycles. The Bertz CT molecular complexity index is 1550. The van der Waals surface area contributed by atoms with Crippen molar-refractivity contribution in [3.05, 3.63) is 78.1 Å². The molecule has 2 aromatic carbocycles. The van der Waals surface area contributed by atoms with Gasteiger partial charge in [-0.15, -0.1) is 0 Å². The number of anilines is 2. The van der Waals surface area contributed by atoms with Gasteiger partial charge in [0.1, 0.15) is 12.2 Å². The molecule has 1 saturated carbocycles. The van der Waals surface area contributed by atoms with Gasteiger partial charge in [-0.05, 0) is 24.0 Å². The lowest BCUT2D eigenvalue weighted by Crippen LogP contribution is -2.47. The lowest BCUT2D eigenvalue weighted by Gasteiger charge is -2.23. The smallest absolute Gasteiger partial charge is 0.229 e. The van der Waals surface area contributed by atoms with Crippen LogP contribution in [0.1, 0.15) is 56.7 Å². The zero-order chi connectivity index (χ0) is 31.0. The predicted octanol–water partition coefficient (Wildman–Crippen LogP) is 2.81. The number of amides is 1. The van der Waals surface area contributed by atoms with E-state index in [1.54, 1.807) is 6.33 Å². The number of nitrogens with one attached hydrogen (secondary N) is 2. The Balaban J connectivity index is 1.35. The molecule has 1 saturated heterocycles. The number of benzene rings is 2. The maximum atomic E-state index is 12.7. The van der Waals surface area contributed by atoms with Crippen molar-refractivity contribution in [1.29, 1.82) is 0 Å². The molecule has 5 atom stereocenters. The zero-order valence-corrected chi connectivity index (χ0v) is 25.5. The Morgan fingerprint density at radius 2 is 1.68 bits per heavy atom. The van der Waals surface area contributed by atoms with Crippen LogP contribution in [0.15, 0.2) is 67.0 Å². The summed E-state index contributed by atoms with van der Waals surface area (Å²) in [5.74, 6) is 1.01. The quantitative estimate of drug-likeness (QED) is 0.206. The standard InChI is InChI=1S/C33H42N8O3/c1-33(2,3)31(44)37-24-16-25(28(43)27(24)42)41-19-36-26-29(38-32(39-30(26)41)40-15-14-22(34)18-40)35-17-23(20-10-6-4-7-11-20)21-12-8-5-9-13-21/h4-13,19,22-25,27-28,42-43H,14-18,34H2,1-3H3,(H,37,44)(H,35,38,39)/t22-,24+,25-,27-,28+/m1/s1. The van der Waals surface area contributed by atoms with Crippen molar-refractivity contribution in [3.63, 3.8) is 0 Å². The summed E-state index contributed by atoms with van der Waals surface area (Å²) in [7, 11) is 0. The third kappa shape index (κ3) is 5.99. The first-order valence-corrected chi connectivity index (χ1v) is 15.4. The van der Waals surface area contributed by atoms with Crippen LogP contribution in [0, 0.1) is 5.41 Å². The molecule has 1 amide bonds. The Morgan fingerprint density at radius 3 is 2.27 bits per heavy atom. The van der Waals surface area contributed by atoms with Crippen LogP contribution < -0.4 is 21.3 Å². The summed E-state index contributed by atoms with van der Waals surface area (Å²) < 4.78 is 1.81. The van der Waals surface area contributed by atoms with Crippen molar-refractivity contribution in [2.45, 2.75) is 69.9 Å². The van der Waals surface area contributed by atoms with E-state index in [1.165, 1.54) is 11.1 Å². The van der Waals surface area contributed by atoms with Gasteiger partial charge in [0.15, 0.2) is 17.0 Å². The van der Waals surface area contributed by atoms with Crippen LogP contribution in [-0.2, 0) is 4.79 Å². The molecular formula is C33H42N8O3. The van der Waals surface area contributed by atoms with Crippen LogP contribution in [-0.4, -0.2) is 79.6 Å². The van der Waals surface area contributed by atoms with Crippen LogP contribution in [0.25, 0.3) is 11.2 Å². The van der Waals surface area contributed by atoms with Crippen LogP contribution in [0.4, 0.5) is 11.8 Å². The number of aliphatic hydroxyl groups is 2. The average Bonchev–Trinajstić information content (AvgIpc) is 3.71. The molecule has 4 aromatic rings. The molecule has 1 aliphatic heterocycles. The van der Waals surface area contributed by atoms with E-state index in [1.807, 2.05) is 61.7 Å². The van der Waals surface area contributed by atoms with Gasteiger partial charge in [-0.2, -0.15) is 9.97 Å². The Kier molecular flexibility index (Phi) is 8.28. The van der Waals surface area contributed by atoms with Crippen molar-refractivity contribution in [1.82, 2.24) is 24.8 Å². The van der Waals surface area contributed by atoms with Gasteiger partial charge >= 0.3 is 0 Å². The highest BCUT2D eigenvalue weighted by Crippen LogP contribution is 2.36. The van der Waals surface area contributed by atoms with Crippen molar-refractivity contribution in [3.8, 4) is 0 Å². The number of fused-ring (bicyclic) bond motifs is 1. The number of nitrogens with zero attached hydrogens (tertiary/aromatic N) is 5. The third-order valence-corrected chi connectivity index (χ3v) is 8.80. The number of aromatic nitrogens is 4. The number of hydrogen-bond donors (Lipinski definition) is 5. The third-order valence-electron chi connectivity index (χ3n) is 8.80. The average molecular weight is 599 g/mol. The highest BCUT2D eigenvalue weighted by molar-refractivity contribution is 5.85. The number of aliphatic hydroxyl groups excluding tert-OH is 2. The van der Waals surface area contributed by atoms with Crippen LogP contribution in [0.5, 0.6) is 0 Å². The number of hydrogen-bond acceptors (Lipinski definition) is 9. The number of imidazole rings is 1. The first-order chi connectivity index (χ1) is 21.1. The van der Waals surface area contributed by atoms with Gasteiger partial charge in [0.05, 0.1) is 18.4 Å². The van der Waals surface area contributed by atoms with Gasteiger partial charge in [-0.25, -0.2) is 4.98 Å². The minimum absolute atomic E-state index is 0.0372. The summed E-state index contributed by atoms with van der Waals surface area (Å²) in [6, 6.07) is 19.6. The SMILES string of the molecule is CC(C)(C)C(=O)N[C@H]1C[C@@H](n2cnc3c(NCC(c4ccccc4)c4ccccc4)nc(N4CC[C@@H](N)C4)nc32)[C@H](O)[C@@H]1O. The molecule has 0 spiro atoms. The molecule has 232 valence electrons. The van der Waals surface area contributed by atoms with Gasteiger partial charge in [0, 0.05) is 37.0 Å². The van der Waals surface area contributed by atoms with E-state index in [-0.39, 0.29) is 17.9 Å². The van der Waals surface area contributed by atoms with Gasteiger partial charge in [-0.1, -0.05) is 81.4 Å². The highest BCUT2D eigenvalue weighted by Gasteiger charge is 2.44. The van der Waals surface area contributed by atoms with E-state index in [0.717, 1.165) is 13.0 Å². The molecule has 11 heteroatoms. The molecule has 0 radical (unpaired) electrons. The fourth-order valence-corrected chi connectivity index (χ4v) is 6.19. The topological polar surface area (TPSA) is 154 Å². The van der Waals surface area contributed by atoms with E-state index in [0.29, 0.717) is 42.4 Å². The first kappa shape index (κ1) is 30.0. The fraction of sp³-hybridized carbons (Fsp3) is 0.455. The van der Waals surface area contributed by atoms with Gasteiger partial charge in [0.25, 0.3) is 0 Å². The first-order valence-electron chi connectivity index (χ1n) is 15.4. The molecule has 2 aromatic heterocycles. The number of rotatable bonds is 8. The van der Waals surface area contributed by atoms with Crippen molar-refractivity contribution in [2.24, 2.45) is 11.1 Å². The van der Waals surface area contributed by atoms with Gasteiger partial charge in [-0.3, -0.25) is 4.79 Å². The largest absolute Gasteiger partial charge is 0.388 e. The second kappa shape index (κ2) is 12.1. The van der Waals surface area contributed by atoms with Crippen molar-refractivity contribution in [2.75, 3.05) is 29.9 Å². The summed E-state index contributed by atoms with van der Waals surface area (Å²) in [6.07, 6.45) is 0.571. The van der Waals surface area contributed by atoms with E-state index >= 15 is 0 Å². The molecule has 2 aliphatic rings. The summed E-state index contributed by atoms with van der Waals surface area (Å²) in [4.78, 5) is 29.3. The second-order valence-corrected chi connectivity index (χ2v) is 13.1.